The second kappa shape index (κ2) is 5.53. The van der Waals surface area contributed by atoms with Gasteiger partial charge in [0, 0.05) is 19.5 Å². The molecule has 2 rings (SSSR count). The van der Waals surface area contributed by atoms with Crippen LogP contribution < -0.4 is 0 Å². The zero-order chi connectivity index (χ0) is 15.8. The number of carbonyl (C=O) groups excluding carboxylic acids is 2. The maximum absolute atomic E-state index is 12.3. The molecule has 2 aliphatic rings. The van der Waals surface area contributed by atoms with E-state index in [0.29, 0.717) is 17.7 Å². The number of hydrogen-bond acceptors (Lipinski definition) is 3. The third-order valence-corrected chi connectivity index (χ3v) is 3.75. The molecule has 0 radical (unpaired) electrons. The molecule has 2 heterocycles. The molecule has 0 aromatic rings. The minimum Gasteiger partial charge on any atom is -0.480 e. The summed E-state index contributed by atoms with van der Waals surface area (Å²) in [6.07, 6.45) is -3.94. The Kier molecular flexibility index (Phi) is 4.11. The number of carboxylic acids is 1. The fourth-order valence-electron chi connectivity index (χ4n) is 2.83. The molecule has 118 valence electrons. The number of amides is 2. The van der Waals surface area contributed by atoms with Crippen molar-refractivity contribution in [3.63, 3.8) is 0 Å². The van der Waals surface area contributed by atoms with Crippen LogP contribution in [0.1, 0.15) is 19.3 Å². The summed E-state index contributed by atoms with van der Waals surface area (Å²) >= 11 is 0. The first-order valence-electron chi connectivity index (χ1n) is 6.57. The van der Waals surface area contributed by atoms with Gasteiger partial charge in [-0.3, -0.25) is 9.59 Å². The molecule has 2 amide bonds. The maximum Gasteiger partial charge on any atom is 0.406 e. The molecule has 1 unspecified atom stereocenters. The quantitative estimate of drug-likeness (QED) is 0.822. The van der Waals surface area contributed by atoms with E-state index in [2.05, 4.69) is 0 Å². The van der Waals surface area contributed by atoms with Crippen LogP contribution in [0.5, 0.6) is 0 Å². The van der Waals surface area contributed by atoms with E-state index in [4.69, 9.17) is 5.11 Å². The SMILES string of the molecule is O=C(O)[C@H]1CCCN1C(=O)C1CC(=O)N(CC(F)(F)F)C1. The molecule has 6 nitrogen and oxygen atoms in total. The second-order valence-corrected chi connectivity index (χ2v) is 5.32. The zero-order valence-electron chi connectivity index (χ0n) is 11.1. The third kappa shape index (κ3) is 3.45. The molecule has 2 fully saturated rings. The normalized spacial score (nSPS) is 26.5. The van der Waals surface area contributed by atoms with Gasteiger partial charge in [-0.1, -0.05) is 0 Å². The van der Waals surface area contributed by atoms with E-state index in [-0.39, 0.29) is 19.5 Å². The summed E-state index contributed by atoms with van der Waals surface area (Å²) in [7, 11) is 0. The van der Waals surface area contributed by atoms with Crippen molar-refractivity contribution in [3.8, 4) is 0 Å². The highest BCUT2D eigenvalue weighted by Gasteiger charge is 2.44. The number of alkyl halides is 3. The van der Waals surface area contributed by atoms with Crippen molar-refractivity contribution in [2.24, 2.45) is 5.92 Å². The van der Waals surface area contributed by atoms with E-state index in [9.17, 15) is 27.6 Å². The zero-order valence-corrected chi connectivity index (χ0v) is 11.1. The number of aliphatic carboxylic acids is 1. The number of likely N-dealkylation sites (tertiary alicyclic amines) is 2. The van der Waals surface area contributed by atoms with Crippen LogP contribution >= 0.6 is 0 Å². The topological polar surface area (TPSA) is 77.9 Å². The van der Waals surface area contributed by atoms with Crippen LogP contribution in [0.2, 0.25) is 0 Å². The first kappa shape index (κ1) is 15.6. The lowest BCUT2D eigenvalue weighted by molar-refractivity contribution is -0.157. The molecular formula is C12H15F3N2O4. The highest BCUT2D eigenvalue weighted by atomic mass is 19.4. The third-order valence-electron chi connectivity index (χ3n) is 3.75. The molecule has 2 atom stereocenters. The average molecular weight is 308 g/mol. The molecule has 21 heavy (non-hydrogen) atoms. The van der Waals surface area contributed by atoms with Crippen LogP contribution in [-0.2, 0) is 14.4 Å². The van der Waals surface area contributed by atoms with Crippen LogP contribution in [0, 0.1) is 5.92 Å². The van der Waals surface area contributed by atoms with Crippen molar-refractivity contribution in [3.05, 3.63) is 0 Å². The van der Waals surface area contributed by atoms with Crippen molar-refractivity contribution in [1.29, 1.82) is 0 Å². The Labute approximate surface area is 118 Å². The summed E-state index contributed by atoms with van der Waals surface area (Å²) in [5.74, 6) is -3.29. The van der Waals surface area contributed by atoms with Crippen molar-refractivity contribution >= 4 is 17.8 Å². The van der Waals surface area contributed by atoms with Crippen molar-refractivity contribution in [2.75, 3.05) is 19.6 Å². The largest absolute Gasteiger partial charge is 0.480 e. The summed E-state index contributed by atoms with van der Waals surface area (Å²) in [5.41, 5.74) is 0. The van der Waals surface area contributed by atoms with Gasteiger partial charge in [0.05, 0.1) is 5.92 Å². The Morgan fingerprint density at radius 3 is 2.57 bits per heavy atom. The Balaban J connectivity index is 2.01. The van der Waals surface area contributed by atoms with Gasteiger partial charge in [0.25, 0.3) is 0 Å². The lowest BCUT2D eigenvalue weighted by Gasteiger charge is -2.24. The molecule has 0 aromatic carbocycles. The number of hydrogen-bond donors (Lipinski definition) is 1. The Morgan fingerprint density at radius 2 is 2.00 bits per heavy atom. The first-order chi connectivity index (χ1) is 9.69. The maximum atomic E-state index is 12.3. The predicted octanol–water partition coefficient (Wildman–Crippen LogP) is 0.473. The van der Waals surface area contributed by atoms with Gasteiger partial charge in [0.1, 0.15) is 12.6 Å². The van der Waals surface area contributed by atoms with Gasteiger partial charge in [0.15, 0.2) is 0 Å². The van der Waals surface area contributed by atoms with Crippen LogP contribution in [0.4, 0.5) is 13.2 Å². The molecule has 0 bridgehead atoms. The monoisotopic (exact) mass is 308 g/mol. The Bertz CT molecular complexity index is 466. The van der Waals surface area contributed by atoms with Gasteiger partial charge in [-0.05, 0) is 12.8 Å². The number of carboxylic acid groups (broad SMARTS) is 1. The predicted molar refractivity (Wildman–Crippen MR) is 63.1 cm³/mol. The standard InChI is InChI=1S/C12H15F3N2O4/c13-12(14,15)6-16-5-7(4-9(16)18)10(19)17-3-1-2-8(17)11(20)21/h7-8H,1-6H2,(H,20,21)/t7?,8-/m1/s1. The summed E-state index contributed by atoms with van der Waals surface area (Å²) in [6.45, 7) is -1.42. The number of nitrogens with zero attached hydrogens (tertiary/aromatic N) is 2. The second-order valence-electron chi connectivity index (χ2n) is 5.32. The van der Waals surface area contributed by atoms with Crippen LogP contribution in [0.3, 0.4) is 0 Å². The molecule has 0 spiro atoms. The fraction of sp³-hybridized carbons (Fsp3) is 0.750. The molecule has 0 aromatic heterocycles. The average Bonchev–Trinajstić information content (AvgIpc) is 2.94. The van der Waals surface area contributed by atoms with Gasteiger partial charge in [-0.15, -0.1) is 0 Å². The van der Waals surface area contributed by atoms with Gasteiger partial charge in [-0.2, -0.15) is 13.2 Å². The van der Waals surface area contributed by atoms with Gasteiger partial charge < -0.3 is 14.9 Å². The molecule has 9 heteroatoms. The molecule has 0 saturated carbocycles. The first-order valence-corrected chi connectivity index (χ1v) is 6.57. The van der Waals surface area contributed by atoms with E-state index in [1.165, 1.54) is 0 Å². The van der Waals surface area contributed by atoms with Gasteiger partial charge >= 0.3 is 12.1 Å². The highest BCUT2D eigenvalue weighted by molar-refractivity contribution is 5.91. The fourth-order valence-corrected chi connectivity index (χ4v) is 2.83. The number of halogens is 3. The van der Waals surface area contributed by atoms with E-state index >= 15 is 0 Å². The van der Waals surface area contributed by atoms with Gasteiger partial charge in [-0.25, -0.2) is 4.79 Å². The smallest absolute Gasteiger partial charge is 0.406 e. The Morgan fingerprint density at radius 1 is 1.33 bits per heavy atom. The minimum atomic E-state index is -4.51. The Hall–Kier alpha value is -1.80. The molecule has 2 aliphatic heterocycles. The van der Waals surface area contributed by atoms with Crippen LogP contribution in [-0.4, -0.2) is 64.5 Å². The van der Waals surface area contributed by atoms with Crippen LogP contribution in [0.15, 0.2) is 0 Å². The van der Waals surface area contributed by atoms with Crippen molar-refractivity contribution in [1.82, 2.24) is 9.80 Å². The summed E-state index contributed by atoms with van der Waals surface area (Å²) < 4.78 is 36.9. The minimum absolute atomic E-state index is 0.264. The summed E-state index contributed by atoms with van der Waals surface area (Å²) in [5, 5.41) is 9.01. The molecule has 1 N–H and O–H groups in total. The molecule has 0 aliphatic carbocycles. The molecular weight excluding hydrogens is 293 g/mol. The number of rotatable bonds is 3. The van der Waals surface area contributed by atoms with Crippen molar-refractivity contribution in [2.45, 2.75) is 31.5 Å². The van der Waals surface area contributed by atoms with E-state index in [0.717, 1.165) is 4.90 Å². The molecule has 2 saturated heterocycles. The van der Waals surface area contributed by atoms with E-state index in [1.807, 2.05) is 0 Å². The van der Waals surface area contributed by atoms with Gasteiger partial charge in [0.2, 0.25) is 11.8 Å². The van der Waals surface area contributed by atoms with Crippen LogP contribution in [0.25, 0.3) is 0 Å². The number of carbonyl (C=O) groups is 3. The lowest BCUT2D eigenvalue weighted by Crippen LogP contribution is -2.44. The van der Waals surface area contributed by atoms with E-state index < -0.39 is 42.5 Å². The summed E-state index contributed by atoms with van der Waals surface area (Å²) in [6, 6.07) is -0.940. The van der Waals surface area contributed by atoms with E-state index in [1.54, 1.807) is 0 Å². The summed E-state index contributed by atoms with van der Waals surface area (Å²) in [4.78, 5) is 36.6. The highest BCUT2D eigenvalue weighted by Crippen LogP contribution is 2.27. The lowest BCUT2D eigenvalue weighted by atomic mass is 10.1. The van der Waals surface area contributed by atoms with Crippen molar-refractivity contribution < 1.29 is 32.7 Å².